The summed E-state index contributed by atoms with van der Waals surface area (Å²) >= 11 is 0. The molecule has 0 amide bonds. The van der Waals surface area contributed by atoms with Crippen LogP contribution in [0.15, 0.2) is 41.6 Å². The summed E-state index contributed by atoms with van der Waals surface area (Å²) in [7, 11) is -11.9. The van der Waals surface area contributed by atoms with Gasteiger partial charge in [-0.1, -0.05) is 147 Å². The third kappa shape index (κ3) is 3.59. The Morgan fingerprint density at radius 2 is 0.361 bits per heavy atom. The fourth-order valence-corrected chi connectivity index (χ4v) is 97.0. The van der Waals surface area contributed by atoms with Crippen molar-refractivity contribution in [3.05, 3.63) is 41.6 Å². The molecule has 0 aromatic carbocycles. The zero-order valence-electron chi connectivity index (χ0n) is 26.8. The molecule has 0 aromatic rings. The first-order valence-electron chi connectivity index (χ1n) is 14.8. The smallest absolute Gasteiger partial charge is 0.0698 e. The minimum absolute atomic E-state index is 1.49. The molecule has 36 heavy (non-hydrogen) atoms. The van der Waals surface area contributed by atoms with Crippen molar-refractivity contribution in [3.8, 4) is 0 Å². The van der Waals surface area contributed by atoms with Crippen LogP contribution < -0.4 is 0 Å². The van der Waals surface area contributed by atoms with E-state index in [1.54, 1.807) is 22.7 Å². The van der Waals surface area contributed by atoms with E-state index in [2.05, 4.69) is 124 Å². The zero-order valence-corrected chi connectivity index (χ0v) is 34.8. The molecule has 0 aromatic heterocycles. The van der Waals surface area contributed by atoms with Crippen LogP contribution >= 0.6 is 0 Å². The van der Waals surface area contributed by atoms with Crippen molar-refractivity contribution >= 4 is 64.6 Å². The number of allylic oxidation sites excluding steroid dienone is 4. The molecule has 0 nitrogen and oxygen atoms in total. The van der Waals surface area contributed by atoms with Gasteiger partial charge in [-0.05, 0) is 22.3 Å². The van der Waals surface area contributed by atoms with Gasteiger partial charge in [0.1, 0.15) is 0 Å². The Kier molecular flexibility index (Phi) is 5.73. The Morgan fingerprint density at radius 1 is 0.250 bits per heavy atom. The predicted molar refractivity (Wildman–Crippen MR) is 187 cm³/mol. The summed E-state index contributed by atoms with van der Waals surface area (Å²) in [5.41, 5.74) is 14.5. The quantitative estimate of drug-likeness (QED) is 0.238. The molecule has 0 N–H and O–H groups in total. The summed E-state index contributed by atoms with van der Waals surface area (Å²) in [5, 5.41) is 0. The molecule has 4 heterocycles. The molecule has 8 heteroatoms. The number of hydrogen-bond donors (Lipinski definition) is 0. The fourth-order valence-electron chi connectivity index (χ4n) is 12.9. The maximum Gasteiger partial charge on any atom is 0.0698 e. The molecule has 0 radical (unpaired) electrons. The van der Waals surface area contributed by atoms with Gasteiger partial charge in [-0.15, -0.1) is 0 Å². The maximum atomic E-state index is 2.85. The predicted octanol–water partition coefficient (Wildman–Crippen LogP) is 9.38. The third-order valence-corrected chi connectivity index (χ3v) is 68.3. The van der Waals surface area contributed by atoms with Gasteiger partial charge in [-0.25, -0.2) is 0 Å². The van der Waals surface area contributed by atoms with Crippen molar-refractivity contribution in [2.45, 2.75) is 127 Å². The molecule has 0 atom stereocenters. The highest BCUT2D eigenvalue weighted by Gasteiger charge is 2.64. The standard InChI is InChI=1S/C28H56Si8/c1-29(2)17-30(3,4)26-22-21-23-24(22)28(35(13,14)19-33(26,9)10)36(15,16)20-34(11,12)27(23)32(7,8)18-31(5,6)25(21)29/h17-20H2,1-16H3. The van der Waals surface area contributed by atoms with E-state index in [9.17, 15) is 0 Å². The van der Waals surface area contributed by atoms with Crippen molar-refractivity contribution in [1.82, 2.24) is 0 Å². The largest absolute Gasteiger partial charge is 0.0831 e. The molecular formula is C28H56Si8. The van der Waals surface area contributed by atoms with Gasteiger partial charge in [-0.3, -0.25) is 0 Å². The van der Waals surface area contributed by atoms with Crippen LogP contribution in [0.1, 0.15) is 0 Å². The summed E-state index contributed by atoms with van der Waals surface area (Å²) in [6.45, 7) is 45.5. The zero-order chi connectivity index (χ0) is 27.4. The van der Waals surface area contributed by atoms with E-state index < -0.39 is 64.6 Å². The van der Waals surface area contributed by atoms with Crippen LogP contribution in [-0.2, 0) is 0 Å². The molecule has 5 aliphatic rings. The van der Waals surface area contributed by atoms with Crippen LogP contribution in [-0.4, -0.2) is 64.6 Å². The summed E-state index contributed by atoms with van der Waals surface area (Å²) in [4.78, 5) is 8.75. The molecule has 0 bridgehead atoms. The summed E-state index contributed by atoms with van der Waals surface area (Å²) in [6.07, 6.45) is 0. The second kappa shape index (κ2) is 7.30. The average molecular weight is 617 g/mol. The van der Waals surface area contributed by atoms with Crippen molar-refractivity contribution in [2.24, 2.45) is 0 Å². The SMILES string of the molecule is C[Si]1(C)C[Si](C)(C)C2=C3C4=C1[Si](C)(C)C[Si](C)(C)C1=C4C3=C([Si](C)(C)C[Si]2(C)C)[Si](C)(C)C[Si]1(C)C. The van der Waals surface area contributed by atoms with Crippen LogP contribution in [0.3, 0.4) is 0 Å². The normalized spacial score (nSPS) is 33.3. The molecular weight excluding hydrogens is 561 g/mol. The van der Waals surface area contributed by atoms with E-state index in [4.69, 9.17) is 0 Å². The lowest BCUT2D eigenvalue weighted by Gasteiger charge is -2.47. The Morgan fingerprint density at radius 3 is 0.472 bits per heavy atom. The number of hydrogen-bond acceptors (Lipinski definition) is 0. The van der Waals surface area contributed by atoms with Crippen molar-refractivity contribution in [1.29, 1.82) is 0 Å². The van der Waals surface area contributed by atoms with E-state index in [0.717, 1.165) is 0 Å². The minimum Gasteiger partial charge on any atom is -0.0831 e. The van der Waals surface area contributed by atoms with Gasteiger partial charge in [0, 0.05) is 0 Å². The molecule has 5 rings (SSSR count). The highest BCUT2D eigenvalue weighted by Crippen LogP contribution is 2.66. The number of rotatable bonds is 0. The van der Waals surface area contributed by atoms with Gasteiger partial charge < -0.3 is 0 Å². The van der Waals surface area contributed by atoms with Gasteiger partial charge in [0.2, 0.25) is 0 Å². The van der Waals surface area contributed by atoms with Crippen LogP contribution in [0.2, 0.25) is 127 Å². The highest BCUT2D eigenvalue weighted by atomic mass is 28.5. The van der Waals surface area contributed by atoms with Crippen LogP contribution in [0.25, 0.3) is 0 Å². The Bertz CT molecular complexity index is 956. The highest BCUT2D eigenvalue weighted by molar-refractivity contribution is 7.24. The lowest BCUT2D eigenvalue weighted by Crippen LogP contribution is -2.57. The average Bonchev–Trinajstić information content (AvgIpc) is 2.72. The fraction of sp³-hybridized carbons (Fsp3) is 0.714. The first kappa shape index (κ1) is 28.2. The second-order valence-electron chi connectivity index (χ2n) is 18.8. The monoisotopic (exact) mass is 616 g/mol. The summed E-state index contributed by atoms with van der Waals surface area (Å²) < 4.78 is 0. The van der Waals surface area contributed by atoms with Gasteiger partial charge in [0.15, 0.2) is 0 Å². The molecule has 4 aliphatic heterocycles. The van der Waals surface area contributed by atoms with Crippen molar-refractivity contribution in [2.75, 3.05) is 0 Å². The summed E-state index contributed by atoms with van der Waals surface area (Å²) in [5.74, 6) is 0. The molecule has 0 saturated heterocycles. The molecule has 200 valence electrons. The van der Waals surface area contributed by atoms with Crippen molar-refractivity contribution in [3.63, 3.8) is 0 Å². The summed E-state index contributed by atoms with van der Waals surface area (Å²) in [6, 6.07) is 0. The van der Waals surface area contributed by atoms with Crippen LogP contribution in [0, 0.1) is 0 Å². The maximum absolute atomic E-state index is 2.85. The first-order chi connectivity index (χ1) is 15.8. The van der Waals surface area contributed by atoms with E-state index in [-0.39, 0.29) is 0 Å². The Labute approximate surface area is 232 Å². The first-order valence-corrected chi connectivity index (χ1v) is 40.5. The van der Waals surface area contributed by atoms with E-state index in [1.165, 1.54) is 0 Å². The topological polar surface area (TPSA) is 0 Å². The van der Waals surface area contributed by atoms with Gasteiger partial charge in [0.25, 0.3) is 0 Å². The molecule has 0 unspecified atom stereocenters. The lowest BCUT2D eigenvalue weighted by molar-refractivity contribution is 1.22. The molecule has 1 aliphatic carbocycles. The van der Waals surface area contributed by atoms with Crippen LogP contribution in [0.5, 0.6) is 0 Å². The molecule has 0 spiro atoms. The van der Waals surface area contributed by atoms with Gasteiger partial charge >= 0.3 is 0 Å². The van der Waals surface area contributed by atoms with Crippen molar-refractivity contribution < 1.29 is 0 Å². The second-order valence-corrected chi connectivity index (χ2v) is 60.6. The molecule has 1 fully saturated rings. The Balaban J connectivity index is 2.12. The van der Waals surface area contributed by atoms with E-state index in [0.29, 0.717) is 0 Å². The molecule has 1 saturated carbocycles. The third-order valence-electron chi connectivity index (χ3n) is 10.9. The van der Waals surface area contributed by atoms with Gasteiger partial charge in [0.05, 0.1) is 64.6 Å². The van der Waals surface area contributed by atoms with Crippen LogP contribution in [0.4, 0.5) is 0 Å². The van der Waals surface area contributed by atoms with E-state index >= 15 is 0 Å². The Hall–Kier alpha value is 0.695. The lowest BCUT2D eigenvalue weighted by atomic mass is 9.78. The minimum atomic E-state index is -1.49. The van der Waals surface area contributed by atoms with E-state index in [1.807, 2.05) is 22.3 Å². The van der Waals surface area contributed by atoms with Gasteiger partial charge in [-0.2, -0.15) is 0 Å².